The van der Waals surface area contributed by atoms with Gasteiger partial charge < -0.3 is 15.4 Å². The van der Waals surface area contributed by atoms with Crippen molar-refractivity contribution < 1.29 is 23.1 Å². The minimum atomic E-state index is -0.970. The molecule has 2 amide bonds. The molecule has 2 aromatic rings. The molecule has 0 unspecified atom stereocenters. The van der Waals surface area contributed by atoms with E-state index in [9.17, 15) is 18.4 Å². The van der Waals surface area contributed by atoms with Gasteiger partial charge >= 0.3 is 0 Å². The Hall–Kier alpha value is -2.96. The Bertz CT molecular complexity index is 815. The smallest absolute Gasteiger partial charge is 0.255 e. The first-order valence-corrected chi connectivity index (χ1v) is 8.10. The number of halogens is 2. The van der Waals surface area contributed by atoms with Gasteiger partial charge in [-0.25, -0.2) is 8.78 Å². The zero-order valence-corrected chi connectivity index (χ0v) is 14.8. The van der Waals surface area contributed by atoms with E-state index in [1.807, 2.05) is 6.92 Å². The first kappa shape index (κ1) is 19.4. The fraction of sp³-hybridized carbons (Fsp3) is 0.263. The Morgan fingerprint density at radius 1 is 1.04 bits per heavy atom. The number of anilines is 1. The molecule has 2 N–H and O–H groups in total. The molecule has 26 heavy (non-hydrogen) atoms. The number of ether oxygens (including phenoxy) is 1. The number of hydrogen-bond donors (Lipinski definition) is 2. The van der Waals surface area contributed by atoms with Gasteiger partial charge in [-0.2, -0.15) is 0 Å². The van der Waals surface area contributed by atoms with Gasteiger partial charge in [-0.15, -0.1) is 0 Å². The van der Waals surface area contributed by atoms with Gasteiger partial charge in [-0.3, -0.25) is 9.59 Å². The Morgan fingerprint density at radius 2 is 1.69 bits per heavy atom. The summed E-state index contributed by atoms with van der Waals surface area (Å²) >= 11 is 0. The third kappa shape index (κ3) is 4.36. The lowest BCUT2D eigenvalue weighted by Gasteiger charge is -2.12. The van der Waals surface area contributed by atoms with Crippen LogP contribution in [0, 0.1) is 18.6 Å². The molecular formula is C19H20F2N2O3. The van der Waals surface area contributed by atoms with Crippen molar-refractivity contribution in [1.82, 2.24) is 5.32 Å². The molecule has 2 rings (SSSR count). The number of rotatable bonds is 6. The number of hydrogen-bond acceptors (Lipinski definition) is 3. The average molecular weight is 362 g/mol. The van der Waals surface area contributed by atoms with E-state index in [2.05, 4.69) is 15.4 Å². The molecule has 0 aliphatic rings. The van der Waals surface area contributed by atoms with Gasteiger partial charge in [-0.05, 0) is 43.2 Å². The summed E-state index contributed by atoms with van der Waals surface area (Å²) < 4.78 is 32.2. The monoisotopic (exact) mass is 362 g/mol. The number of methoxy groups -OCH3 is 1. The lowest BCUT2D eigenvalue weighted by molar-refractivity contribution is 0.0952. The molecule has 0 radical (unpaired) electrons. The number of carbonyl (C=O) groups excluding carboxylic acids is 2. The molecule has 138 valence electrons. The zero-order chi connectivity index (χ0) is 19.3. The van der Waals surface area contributed by atoms with Crippen LogP contribution in [0.3, 0.4) is 0 Å². The molecule has 0 aliphatic carbocycles. The summed E-state index contributed by atoms with van der Waals surface area (Å²) in [5.41, 5.74) is 1.28. The SMILES string of the molecule is CCCNC(=O)c1ccc(C)c(NC(=O)c2cc(F)c(OC)c(F)c2)c1. The van der Waals surface area contributed by atoms with E-state index in [-0.39, 0.29) is 11.5 Å². The first-order chi connectivity index (χ1) is 12.4. The maximum atomic E-state index is 13.8. The highest BCUT2D eigenvalue weighted by Crippen LogP contribution is 2.24. The van der Waals surface area contributed by atoms with Gasteiger partial charge in [0.25, 0.3) is 11.8 Å². The van der Waals surface area contributed by atoms with Crippen molar-refractivity contribution >= 4 is 17.5 Å². The van der Waals surface area contributed by atoms with Gasteiger partial charge in [0.15, 0.2) is 17.4 Å². The van der Waals surface area contributed by atoms with Crippen LogP contribution in [0.4, 0.5) is 14.5 Å². The van der Waals surface area contributed by atoms with E-state index in [0.29, 0.717) is 23.4 Å². The lowest BCUT2D eigenvalue weighted by Crippen LogP contribution is -2.24. The maximum Gasteiger partial charge on any atom is 0.255 e. The third-order valence-electron chi connectivity index (χ3n) is 3.75. The molecule has 7 heteroatoms. The number of amides is 2. The first-order valence-electron chi connectivity index (χ1n) is 8.10. The molecular weight excluding hydrogens is 342 g/mol. The van der Waals surface area contributed by atoms with Crippen molar-refractivity contribution in [2.75, 3.05) is 19.0 Å². The van der Waals surface area contributed by atoms with Crippen LogP contribution < -0.4 is 15.4 Å². The van der Waals surface area contributed by atoms with Crippen LogP contribution in [0.2, 0.25) is 0 Å². The molecule has 0 aromatic heterocycles. The van der Waals surface area contributed by atoms with E-state index < -0.39 is 23.3 Å². The highest BCUT2D eigenvalue weighted by atomic mass is 19.1. The minimum Gasteiger partial charge on any atom is -0.491 e. The number of benzene rings is 2. The highest BCUT2D eigenvalue weighted by Gasteiger charge is 2.17. The minimum absolute atomic E-state index is 0.193. The fourth-order valence-electron chi connectivity index (χ4n) is 2.32. The van der Waals surface area contributed by atoms with E-state index in [4.69, 9.17) is 0 Å². The molecule has 5 nitrogen and oxygen atoms in total. The van der Waals surface area contributed by atoms with E-state index >= 15 is 0 Å². The molecule has 0 fully saturated rings. The van der Waals surface area contributed by atoms with E-state index in [1.54, 1.807) is 19.1 Å². The third-order valence-corrected chi connectivity index (χ3v) is 3.75. The van der Waals surface area contributed by atoms with E-state index in [0.717, 1.165) is 25.7 Å². The normalized spacial score (nSPS) is 10.3. The standard InChI is InChI=1S/C19H20F2N2O3/c1-4-7-22-18(24)12-6-5-11(2)16(10-12)23-19(25)13-8-14(20)17(26-3)15(21)9-13/h5-6,8-10H,4,7H2,1-3H3,(H,22,24)(H,23,25). The molecule has 0 bridgehead atoms. The van der Waals surface area contributed by atoms with Gasteiger partial charge in [0.1, 0.15) is 0 Å². The largest absolute Gasteiger partial charge is 0.491 e. The summed E-state index contributed by atoms with van der Waals surface area (Å²) in [6.07, 6.45) is 0.801. The second-order valence-corrected chi connectivity index (χ2v) is 5.71. The Kier molecular flexibility index (Phi) is 6.27. The van der Waals surface area contributed by atoms with Crippen LogP contribution >= 0.6 is 0 Å². The van der Waals surface area contributed by atoms with Crippen molar-refractivity contribution in [1.29, 1.82) is 0 Å². The summed E-state index contributed by atoms with van der Waals surface area (Å²) in [4.78, 5) is 24.4. The van der Waals surface area contributed by atoms with Crippen LogP contribution in [0.15, 0.2) is 30.3 Å². The van der Waals surface area contributed by atoms with Crippen molar-refractivity contribution in [3.8, 4) is 5.75 Å². The van der Waals surface area contributed by atoms with Gasteiger partial charge in [0, 0.05) is 23.4 Å². The Morgan fingerprint density at radius 3 is 2.27 bits per heavy atom. The number of aryl methyl sites for hydroxylation is 1. The fourth-order valence-corrected chi connectivity index (χ4v) is 2.32. The van der Waals surface area contributed by atoms with Crippen LogP contribution in [0.25, 0.3) is 0 Å². The summed E-state index contributed by atoms with van der Waals surface area (Å²) in [6.45, 7) is 4.23. The summed E-state index contributed by atoms with van der Waals surface area (Å²) in [5, 5.41) is 5.32. The second-order valence-electron chi connectivity index (χ2n) is 5.71. The second kappa shape index (κ2) is 8.42. The quantitative estimate of drug-likeness (QED) is 0.824. The molecule has 0 saturated carbocycles. The Labute approximate surface area is 150 Å². The molecule has 0 aliphatic heterocycles. The summed E-state index contributed by atoms with van der Waals surface area (Å²) in [6, 6.07) is 6.64. The van der Waals surface area contributed by atoms with Crippen molar-refractivity contribution in [3.63, 3.8) is 0 Å². The molecule has 0 heterocycles. The molecule has 0 saturated heterocycles. The topological polar surface area (TPSA) is 67.4 Å². The van der Waals surface area contributed by atoms with Crippen LogP contribution in [-0.2, 0) is 0 Å². The number of nitrogens with one attached hydrogen (secondary N) is 2. The van der Waals surface area contributed by atoms with Gasteiger partial charge in [0.2, 0.25) is 0 Å². The molecule has 2 aromatic carbocycles. The lowest BCUT2D eigenvalue weighted by atomic mass is 10.1. The predicted molar refractivity (Wildman–Crippen MR) is 94.7 cm³/mol. The van der Waals surface area contributed by atoms with Crippen LogP contribution in [0.1, 0.15) is 39.6 Å². The van der Waals surface area contributed by atoms with Crippen molar-refractivity contribution in [2.45, 2.75) is 20.3 Å². The van der Waals surface area contributed by atoms with Crippen molar-refractivity contribution in [3.05, 3.63) is 58.7 Å². The van der Waals surface area contributed by atoms with Crippen molar-refractivity contribution in [2.24, 2.45) is 0 Å². The highest BCUT2D eigenvalue weighted by molar-refractivity contribution is 6.05. The summed E-state index contributed by atoms with van der Waals surface area (Å²) in [5.74, 6) is -3.44. The molecule has 0 spiro atoms. The summed E-state index contributed by atoms with van der Waals surface area (Å²) in [7, 11) is 1.14. The van der Waals surface area contributed by atoms with Crippen LogP contribution in [-0.4, -0.2) is 25.5 Å². The van der Waals surface area contributed by atoms with E-state index in [1.165, 1.54) is 6.07 Å². The van der Waals surface area contributed by atoms with Gasteiger partial charge in [-0.1, -0.05) is 13.0 Å². The Balaban J connectivity index is 2.25. The number of carbonyl (C=O) groups is 2. The van der Waals surface area contributed by atoms with Gasteiger partial charge in [0.05, 0.1) is 7.11 Å². The average Bonchev–Trinajstić information content (AvgIpc) is 2.61. The maximum absolute atomic E-state index is 13.8. The zero-order valence-electron chi connectivity index (χ0n) is 14.8. The van der Waals surface area contributed by atoms with Crippen LogP contribution in [0.5, 0.6) is 5.75 Å². The molecule has 0 atom stereocenters. The predicted octanol–water partition coefficient (Wildman–Crippen LogP) is 3.67.